The molecule has 2 unspecified atom stereocenters. The lowest BCUT2D eigenvalue weighted by atomic mass is 10.2. The van der Waals surface area contributed by atoms with Crippen molar-refractivity contribution < 1.29 is 13.2 Å². The van der Waals surface area contributed by atoms with Gasteiger partial charge < -0.3 is 10.6 Å². The van der Waals surface area contributed by atoms with E-state index in [0.717, 1.165) is 24.2 Å². The van der Waals surface area contributed by atoms with E-state index in [9.17, 15) is 13.2 Å². The van der Waals surface area contributed by atoms with Gasteiger partial charge in [-0.3, -0.25) is 4.79 Å². The predicted octanol–water partition coefficient (Wildman–Crippen LogP) is 2.41. The molecule has 6 heteroatoms. The first-order chi connectivity index (χ1) is 9.90. The zero-order valence-corrected chi connectivity index (χ0v) is 13.2. The van der Waals surface area contributed by atoms with Crippen molar-refractivity contribution in [1.29, 1.82) is 0 Å². The number of amides is 1. The second kappa shape index (κ2) is 6.47. The lowest BCUT2D eigenvalue weighted by Gasteiger charge is -2.21. The van der Waals surface area contributed by atoms with Crippen LogP contribution in [0.15, 0.2) is 24.3 Å². The van der Waals surface area contributed by atoms with Crippen LogP contribution in [0.2, 0.25) is 0 Å². The smallest absolute Gasteiger partial charge is 0.224 e. The van der Waals surface area contributed by atoms with Crippen molar-refractivity contribution >= 4 is 27.1 Å². The molecule has 1 aromatic carbocycles. The number of hydrogen-bond donors (Lipinski definition) is 2. The average molecular weight is 310 g/mol. The quantitative estimate of drug-likeness (QED) is 0.876. The Kier molecular flexibility index (Phi) is 4.88. The van der Waals surface area contributed by atoms with Crippen molar-refractivity contribution in [3.63, 3.8) is 0 Å². The molecule has 2 rings (SSSR count). The highest BCUT2D eigenvalue weighted by molar-refractivity contribution is 7.91. The molecule has 0 heterocycles. The molecule has 1 aliphatic rings. The van der Waals surface area contributed by atoms with Gasteiger partial charge in [0.2, 0.25) is 5.91 Å². The molecule has 2 atom stereocenters. The van der Waals surface area contributed by atoms with Crippen LogP contribution in [0.25, 0.3) is 0 Å². The molecule has 0 saturated heterocycles. The van der Waals surface area contributed by atoms with E-state index in [1.54, 1.807) is 6.92 Å². The lowest BCUT2D eigenvalue weighted by molar-refractivity contribution is -0.115. The second-order valence-corrected chi connectivity index (χ2v) is 7.80. The first kappa shape index (κ1) is 15.8. The summed E-state index contributed by atoms with van der Waals surface area (Å²) in [5, 5.41) is 5.77. The molecule has 116 valence electrons. The number of nitrogens with one attached hydrogen (secondary N) is 2. The number of sulfone groups is 1. The molecule has 1 fully saturated rings. The minimum absolute atomic E-state index is 0.0398. The SMILES string of the molecule is CCC(=O)Nc1cccc(NC2CCCC2S(C)(=O)=O)c1. The van der Waals surface area contributed by atoms with Crippen LogP contribution in [0, 0.1) is 0 Å². The van der Waals surface area contributed by atoms with Gasteiger partial charge in [-0.25, -0.2) is 8.42 Å². The monoisotopic (exact) mass is 310 g/mol. The Hall–Kier alpha value is -1.56. The number of hydrogen-bond acceptors (Lipinski definition) is 4. The lowest BCUT2D eigenvalue weighted by Crippen LogP contribution is -2.34. The summed E-state index contributed by atoms with van der Waals surface area (Å²) in [4.78, 5) is 11.4. The van der Waals surface area contributed by atoms with Crippen LogP contribution in [0.4, 0.5) is 11.4 Å². The largest absolute Gasteiger partial charge is 0.381 e. The van der Waals surface area contributed by atoms with E-state index in [1.807, 2.05) is 24.3 Å². The number of carbonyl (C=O) groups is 1. The van der Waals surface area contributed by atoms with Gasteiger partial charge in [-0.1, -0.05) is 13.0 Å². The van der Waals surface area contributed by atoms with E-state index in [1.165, 1.54) is 6.26 Å². The third-order valence-corrected chi connectivity index (χ3v) is 5.49. The van der Waals surface area contributed by atoms with Crippen LogP contribution in [-0.4, -0.2) is 31.9 Å². The molecule has 0 aliphatic heterocycles. The summed E-state index contributed by atoms with van der Waals surface area (Å²) in [6.07, 6.45) is 4.21. The maximum Gasteiger partial charge on any atom is 0.224 e. The molecule has 0 bridgehead atoms. The number of carbonyl (C=O) groups excluding carboxylic acids is 1. The van der Waals surface area contributed by atoms with Gasteiger partial charge >= 0.3 is 0 Å². The maximum absolute atomic E-state index is 11.8. The summed E-state index contributed by atoms with van der Waals surface area (Å²) in [6, 6.07) is 7.33. The summed E-state index contributed by atoms with van der Waals surface area (Å²) >= 11 is 0. The summed E-state index contributed by atoms with van der Waals surface area (Å²) in [6.45, 7) is 1.80. The molecule has 0 spiro atoms. The van der Waals surface area contributed by atoms with E-state index < -0.39 is 9.84 Å². The third-order valence-electron chi connectivity index (χ3n) is 3.82. The Bertz CT molecular complexity index is 613. The second-order valence-electron chi connectivity index (χ2n) is 5.53. The molecule has 2 N–H and O–H groups in total. The van der Waals surface area contributed by atoms with Crippen molar-refractivity contribution in [2.45, 2.75) is 43.9 Å². The van der Waals surface area contributed by atoms with Gasteiger partial charge in [-0.2, -0.15) is 0 Å². The topological polar surface area (TPSA) is 75.3 Å². The van der Waals surface area contributed by atoms with E-state index in [-0.39, 0.29) is 17.2 Å². The van der Waals surface area contributed by atoms with E-state index in [4.69, 9.17) is 0 Å². The molecular formula is C15H22N2O3S. The molecule has 0 aromatic heterocycles. The Balaban J connectivity index is 2.09. The molecule has 5 nitrogen and oxygen atoms in total. The van der Waals surface area contributed by atoms with Gasteiger partial charge in [-0.05, 0) is 37.5 Å². The summed E-state index contributed by atoms with van der Waals surface area (Å²) in [5.41, 5.74) is 1.56. The van der Waals surface area contributed by atoms with Crippen molar-refractivity contribution in [2.75, 3.05) is 16.9 Å². The Morgan fingerprint density at radius 1 is 1.29 bits per heavy atom. The molecule has 1 aromatic rings. The highest BCUT2D eigenvalue weighted by Gasteiger charge is 2.34. The fourth-order valence-corrected chi connectivity index (χ4v) is 4.15. The fourth-order valence-electron chi connectivity index (χ4n) is 2.75. The van der Waals surface area contributed by atoms with Gasteiger partial charge in [0.15, 0.2) is 9.84 Å². The van der Waals surface area contributed by atoms with Crippen molar-refractivity contribution in [3.05, 3.63) is 24.3 Å². The van der Waals surface area contributed by atoms with Crippen LogP contribution in [0.3, 0.4) is 0 Å². The minimum atomic E-state index is -3.04. The summed E-state index contributed by atoms with van der Waals surface area (Å²) in [7, 11) is -3.04. The van der Waals surface area contributed by atoms with Gasteiger partial charge in [0, 0.05) is 30.1 Å². The number of anilines is 2. The van der Waals surface area contributed by atoms with Crippen LogP contribution in [-0.2, 0) is 14.6 Å². The van der Waals surface area contributed by atoms with Crippen molar-refractivity contribution in [3.8, 4) is 0 Å². The predicted molar refractivity (Wildman–Crippen MR) is 85.3 cm³/mol. The van der Waals surface area contributed by atoms with Crippen molar-refractivity contribution in [2.24, 2.45) is 0 Å². The zero-order valence-electron chi connectivity index (χ0n) is 12.4. The van der Waals surface area contributed by atoms with Gasteiger partial charge in [0.1, 0.15) is 0 Å². The molecule has 21 heavy (non-hydrogen) atoms. The molecular weight excluding hydrogens is 288 g/mol. The van der Waals surface area contributed by atoms with Crippen LogP contribution in [0.5, 0.6) is 0 Å². The van der Waals surface area contributed by atoms with E-state index >= 15 is 0 Å². The Morgan fingerprint density at radius 2 is 2.00 bits per heavy atom. The maximum atomic E-state index is 11.8. The molecule has 1 aliphatic carbocycles. The van der Waals surface area contributed by atoms with Gasteiger partial charge in [0.05, 0.1) is 5.25 Å². The Labute approximate surface area is 126 Å². The first-order valence-corrected chi connectivity index (χ1v) is 9.21. The molecule has 0 radical (unpaired) electrons. The van der Waals surface area contributed by atoms with Crippen molar-refractivity contribution in [1.82, 2.24) is 0 Å². The van der Waals surface area contributed by atoms with Crippen LogP contribution in [0.1, 0.15) is 32.6 Å². The average Bonchev–Trinajstić information content (AvgIpc) is 2.87. The highest BCUT2D eigenvalue weighted by atomic mass is 32.2. The Morgan fingerprint density at radius 3 is 2.67 bits per heavy atom. The van der Waals surface area contributed by atoms with Crippen LogP contribution >= 0.6 is 0 Å². The van der Waals surface area contributed by atoms with Gasteiger partial charge in [-0.15, -0.1) is 0 Å². The normalized spacial score (nSPS) is 22.0. The molecule has 1 saturated carbocycles. The highest BCUT2D eigenvalue weighted by Crippen LogP contribution is 2.28. The van der Waals surface area contributed by atoms with Crippen LogP contribution < -0.4 is 10.6 Å². The zero-order chi connectivity index (χ0) is 15.5. The fraction of sp³-hybridized carbons (Fsp3) is 0.533. The third kappa shape index (κ3) is 4.20. The van der Waals surface area contributed by atoms with E-state index in [0.29, 0.717) is 12.8 Å². The van der Waals surface area contributed by atoms with Gasteiger partial charge in [0.25, 0.3) is 0 Å². The standard InChI is InChI=1S/C15H22N2O3S/c1-3-15(18)17-12-7-4-6-11(10-12)16-13-8-5-9-14(13)21(2,19)20/h4,6-7,10,13-14,16H,3,5,8-9H2,1-2H3,(H,17,18). The minimum Gasteiger partial charge on any atom is -0.381 e. The van der Waals surface area contributed by atoms with E-state index in [2.05, 4.69) is 10.6 Å². The first-order valence-electron chi connectivity index (χ1n) is 7.25. The number of benzene rings is 1. The number of rotatable bonds is 5. The molecule has 1 amide bonds. The summed E-state index contributed by atoms with van der Waals surface area (Å²) < 4.78 is 23.6. The summed E-state index contributed by atoms with van der Waals surface area (Å²) in [5.74, 6) is -0.0398.